The van der Waals surface area contributed by atoms with E-state index in [2.05, 4.69) is 5.32 Å². The molecule has 1 atom stereocenters. The molecule has 1 aliphatic heterocycles. The molecule has 4 rings (SSSR count). The molecule has 3 aromatic rings. The fourth-order valence-corrected chi connectivity index (χ4v) is 4.06. The summed E-state index contributed by atoms with van der Waals surface area (Å²) in [5.74, 6) is -0.574. The number of nitrogens with zero attached hydrogens (tertiary/aromatic N) is 1. The number of fused-ring (bicyclic) bond motifs is 1. The van der Waals surface area contributed by atoms with Gasteiger partial charge >= 0.3 is 0 Å². The van der Waals surface area contributed by atoms with Crippen LogP contribution in [0.1, 0.15) is 27.5 Å². The lowest BCUT2D eigenvalue weighted by Crippen LogP contribution is -2.39. The van der Waals surface area contributed by atoms with Gasteiger partial charge in [0.25, 0.3) is 5.91 Å². The van der Waals surface area contributed by atoms with Crippen molar-refractivity contribution in [3.8, 4) is 11.5 Å². The standard InChI is InChI=1S/C24H20ClFN2O4/c1-31-20-5-3-4-17(23(20)32-2)24(30)28-13-21(29)27-19-11-8-15(25)12-18(19)22(28)14-6-9-16(26)10-7-14/h3-12,22H,13H2,1-2H3,(H,27,29)/t22-/m0/s1. The van der Waals surface area contributed by atoms with Gasteiger partial charge in [0, 0.05) is 16.3 Å². The number of halogens is 2. The van der Waals surface area contributed by atoms with Crippen molar-refractivity contribution in [3.63, 3.8) is 0 Å². The normalized spacial score (nSPS) is 15.4. The first-order chi connectivity index (χ1) is 15.4. The van der Waals surface area contributed by atoms with E-state index in [4.69, 9.17) is 21.1 Å². The van der Waals surface area contributed by atoms with Gasteiger partial charge in [-0.25, -0.2) is 4.39 Å². The summed E-state index contributed by atoms with van der Waals surface area (Å²) in [5.41, 5.74) is 2.01. The molecular weight excluding hydrogens is 435 g/mol. The quantitative estimate of drug-likeness (QED) is 0.621. The summed E-state index contributed by atoms with van der Waals surface area (Å²) in [7, 11) is 2.92. The van der Waals surface area contributed by atoms with Crippen LogP contribution in [-0.2, 0) is 4.79 Å². The number of anilines is 1. The van der Waals surface area contributed by atoms with Crippen LogP contribution in [0.25, 0.3) is 0 Å². The number of ether oxygens (including phenoxy) is 2. The average Bonchev–Trinajstić information content (AvgIpc) is 2.94. The number of nitrogens with one attached hydrogen (secondary N) is 1. The highest BCUT2D eigenvalue weighted by molar-refractivity contribution is 6.30. The van der Waals surface area contributed by atoms with Crippen molar-refractivity contribution in [2.45, 2.75) is 6.04 Å². The Morgan fingerprint density at radius 3 is 2.53 bits per heavy atom. The van der Waals surface area contributed by atoms with Crippen LogP contribution < -0.4 is 14.8 Å². The summed E-state index contributed by atoms with van der Waals surface area (Å²) in [4.78, 5) is 27.9. The van der Waals surface area contributed by atoms with E-state index < -0.39 is 17.8 Å². The topological polar surface area (TPSA) is 67.9 Å². The molecule has 6 nitrogen and oxygen atoms in total. The van der Waals surface area contributed by atoms with Gasteiger partial charge in [-0.15, -0.1) is 0 Å². The highest BCUT2D eigenvalue weighted by atomic mass is 35.5. The zero-order chi connectivity index (χ0) is 22.8. The largest absolute Gasteiger partial charge is 0.493 e. The number of benzene rings is 3. The third-order valence-electron chi connectivity index (χ3n) is 5.29. The number of amides is 2. The minimum absolute atomic E-state index is 0.229. The van der Waals surface area contributed by atoms with Crippen molar-refractivity contribution in [1.82, 2.24) is 4.90 Å². The van der Waals surface area contributed by atoms with E-state index in [1.807, 2.05) is 0 Å². The molecule has 2 amide bonds. The maximum Gasteiger partial charge on any atom is 0.259 e. The zero-order valence-corrected chi connectivity index (χ0v) is 18.2. The van der Waals surface area contributed by atoms with Gasteiger partial charge < -0.3 is 19.7 Å². The van der Waals surface area contributed by atoms with Crippen molar-refractivity contribution in [1.29, 1.82) is 0 Å². The van der Waals surface area contributed by atoms with Crippen LogP contribution in [0.3, 0.4) is 0 Å². The second kappa shape index (κ2) is 8.88. The molecule has 32 heavy (non-hydrogen) atoms. The smallest absolute Gasteiger partial charge is 0.259 e. The van der Waals surface area contributed by atoms with Crippen molar-refractivity contribution in [2.24, 2.45) is 0 Å². The first-order valence-electron chi connectivity index (χ1n) is 9.79. The molecule has 1 aliphatic rings. The predicted molar refractivity (Wildman–Crippen MR) is 119 cm³/mol. The first-order valence-corrected chi connectivity index (χ1v) is 10.2. The van der Waals surface area contributed by atoms with E-state index in [1.165, 1.54) is 31.3 Å². The molecule has 0 bridgehead atoms. The van der Waals surface area contributed by atoms with E-state index in [0.29, 0.717) is 27.6 Å². The summed E-state index contributed by atoms with van der Waals surface area (Å²) in [5, 5.41) is 3.27. The Kier molecular flexibility index (Phi) is 6.01. The van der Waals surface area contributed by atoms with Gasteiger partial charge in [0.1, 0.15) is 12.4 Å². The van der Waals surface area contributed by atoms with Gasteiger partial charge in [-0.2, -0.15) is 0 Å². The molecule has 164 valence electrons. The van der Waals surface area contributed by atoms with E-state index >= 15 is 0 Å². The van der Waals surface area contributed by atoms with Crippen molar-refractivity contribution in [2.75, 3.05) is 26.1 Å². The van der Waals surface area contributed by atoms with Crippen LogP contribution in [0.5, 0.6) is 11.5 Å². The molecule has 1 heterocycles. The Hall–Kier alpha value is -3.58. The molecule has 1 N–H and O–H groups in total. The van der Waals surface area contributed by atoms with E-state index in [-0.39, 0.29) is 23.8 Å². The molecule has 0 unspecified atom stereocenters. The Bertz CT molecular complexity index is 1180. The van der Waals surface area contributed by atoms with Crippen LogP contribution in [-0.4, -0.2) is 37.5 Å². The predicted octanol–water partition coefficient (Wildman–Crippen LogP) is 4.68. The van der Waals surface area contributed by atoms with Gasteiger partial charge in [0.15, 0.2) is 11.5 Å². The van der Waals surface area contributed by atoms with Crippen molar-refractivity contribution >= 4 is 29.1 Å². The minimum atomic E-state index is -0.702. The lowest BCUT2D eigenvalue weighted by atomic mass is 9.95. The third-order valence-corrected chi connectivity index (χ3v) is 5.52. The SMILES string of the molecule is COc1cccc(C(=O)N2CC(=O)Nc3ccc(Cl)cc3[C@@H]2c2ccc(F)cc2)c1OC. The molecule has 0 aliphatic carbocycles. The average molecular weight is 455 g/mol. The van der Waals surface area contributed by atoms with E-state index in [9.17, 15) is 14.0 Å². The van der Waals surface area contributed by atoms with E-state index in [1.54, 1.807) is 48.5 Å². The van der Waals surface area contributed by atoms with Crippen LogP contribution in [0.4, 0.5) is 10.1 Å². The van der Waals surface area contributed by atoms with Crippen LogP contribution >= 0.6 is 11.6 Å². The second-order valence-corrected chi connectivity index (χ2v) is 7.64. The molecule has 3 aromatic carbocycles. The number of hydrogen-bond donors (Lipinski definition) is 1. The summed E-state index contributed by atoms with van der Waals surface area (Å²) in [6.45, 7) is -0.229. The van der Waals surface area contributed by atoms with Crippen LogP contribution in [0, 0.1) is 5.82 Å². The van der Waals surface area contributed by atoms with Crippen LogP contribution in [0.2, 0.25) is 5.02 Å². The van der Waals surface area contributed by atoms with Gasteiger partial charge in [0.05, 0.1) is 25.8 Å². The maximum absolute atomic E-state index is 13.8. The number of carbonyl (C=O) groups is 2. The lowest BCUT2D eigenvalue weighted by Gasteiger charge is -2.31. The van der Waals surface area contributed by atoms with Gasteiger partial charge in [-0.1, -0.05) is 29.8 Å². The number of hydrogen-bond acceptors (Lipinski definition) is 4. The summed E-state index contributed by atoms with van der Waals surface area (Å²) in [6.07, 6.45) is 0. The molecule has 0 spiro atoms. The number of rotatable bonds is 4. The molecule has 0 fully saturated rings. The Morgan fingerprint density at radius 2 is 1.84 bits per heavy atom. The Morgan fingerprint density at radius 1 is 1.09 bits per heavy atom. The van der Waals surface area contributed by atoms with Crippen LogP contribution in [0.15, 0.2) is 60.7 Å². The number of para-hydroxylation sites is 1. The van der Waals surface area contributed by atoms with Gasteiger partial charge in [-0.05, 0) is 48.0 Å². The van der Waals surface area contributed by atoms with Crippen molar-refractivity contribution < 1.29 is 23.5 Å². The Labute approximate surface area is 189 Å². The fourth-order valence-electron chi connectivity index (χ4n) is 3.88. The molecule has 0 saturated heterocycles. The lowest BCUT2D eigenvalue weighted by molar-refractivity contribution is -0.117. The molecule has 0 radical (unpaired) electrons. The van der Waals surface area contributed by atoms with Gasteiger partial charge in [0.2, 0.25) is 5.91 Å². The maximum atomic E-state index is 13.8. The molecular formula is C24H20ClFN2O4. The van der Waals surface area contributed by atoms with Gasteiger partial charge in [-0.3, -0.25) is 9.59 Å². The first kappa shape index (κ1) is 21.6. The zero-order valence-electron chi connectivity index (χ0n) is 17.4. The Balaban J connectivity index is 1.91. The van der Waals surface area contributed by atoms with Crippen molar-refractivity contribution in [3.05, 3.63) is 88.2 Å². The summed E-state index contributed by atoms with van der Waals surface area (Å²) in [6, 6.07) is 15.1. The molecule has 0 aromatic heterocycles. The summed E-state index contributed by atoms with van der Waals surface area (Å²) >= 11 is 6.26. The monoisotopic (exact) mass is 454 g/mol. The van der Waals surface area contributed by atoms with E-state index in [0.717, 1.165) is 0 Å². The minimum Gasteiger partial charge on any atom is -0.493 e. The number of carbonyl (C=O) groups excluding carboxylic acids is 2. The third kappa shape index (κ3) is 3.99. The fraction of sp³-hybridized carbons (Fsp3) is 0.167. The highest BCUT2D eigenvalue weighted by Crippen LogP contribution is 2.40. The molecule has 0 saturated carbocycles. The highest BCUT2D eigenvalue weighted by Gasteiger charge is 2.35. The molecule has 8 heteroatoms. The number of methoxy groups -OCH3 is 2. The second-order valence-electron chi connectivity index (χ2n) is 7.21. The summed E-state index contributed by atoms with van der Waals surface area (Å²) < 4.78 is 24.4.